The van der Waals surface area contributed by atoms with Gasteiger partial charge in [-0.25, -0.2) is 8.78 Å². The first kappa shape index (κ1) is 18.1. The van der Waals surface area contributed by atoms with Gasteiger partial charge in [0.05, 0.1) is 12.1 Å². The summed E-state index contributed by atoms with van der Waals surface area (Å²) >= 11 is 0. The summed E-state index contributed by atoms with van der Waals surface area (Å²) in [4.78, 5) is 14.3. The van der Waals surface area contributed by atoms with Crippen LogP contribution in [0.5, 0.6) is 0 Å². The van der Waals surface area contributed by atoms with Crippen LogP contribution in [0.25, 0.3) is 0 Å². The molecule has 2 saturated heterocycles. The zero-order valence-electron chi connectivity index (χ0n) is 13.0. The van der Waals surface area contributed by atoms with E-state index in [2.05, 4.69) is 15.5 Å². The summed E-state index contributed by atoms with van der Waals surface area (Å²) in [5.74, 6) is -1.69. The lowest BCUT2D eigenvalue weighted by Gasteiger charge is -2.27. The average molecular weight is 346 g/mol. The molecule has 1 amide bonds. The summed E-state index contributed by atoms with van der Waals surface area (Å²) < 4.78 is 26.6. The highest BCUT2D eigenvalue weighted by Crippen LogP contribution is 2.31. The summed E-state index contributed by atoms with van der Waals surface area (Å²) in [5, 5.41) is 6.25. The second-order valence-corrected chi connectivity index (χ2v) is 6.15. The van der Waals surface area contributed by atoms with Gasteiger partial charge in [0.15, 0.2) is 11.6 Å². The van der Waals surface area contributed by atoms with Crippen molar-refractivity contribution >= 4 is 18.3 Å². The van der Waals surface area contributed by atoms with Gasteiger partial charge in [-0.1, -0.05) is 6.07 Å². The second-order valence-electron chi connectivity index (χ2n) is 6.15. The number of carbonyl (C=O) groups excluding carboxylic acids is 1. The number of carbonyl (C=O) groups is 1. The molecule has 1 aromatic rings. The topological polar surface area (TPSA) is 44.4 Å². The van der Waals surface area contributed by atoms with Crippen molar-refractivity contribution in [2.45, 2.75) is 37.4 Å². The Hall–Kier alpha value is -1.24. The molecule has 3 rings (SSSR count). The minimum atomic E-state index is -0.847. The molecule has 23 heavy (non-hydrogen) atoms. The molecule has 2 heterocycles. The fourth-order valence-corrected chi connectivity index (χ4v) is 3.47. The van der Waals surface area contributed by atoms with E-state index in [1.807, 2.05) is 7.05 Å². The second kappa shape index (κ2) is 7.55. The monoisotopic (exact) mass is 345 g/mol. The number of hydrogen-bond acceptors (Lipinski definition) is 3. The molecule has 0 aromatic heterocycles. The standard InChI is InChI=1S/C16H21F2N3O.ClH/c1-21-8-6-13(20-16(22)14-3-2-7-19-14)15(21)10-4-5-11(17)12(18)9-10;/h4-5,9,13-15,19H,2-3,6-8H2,1H3,(H,20,22);1H. The van der Waals surface area contributed by atoms with Crippen LogP contribution in [0.3, 0.4) is 0 Å². The molecule has 7 heteroatoms. The highest BCUT2D eigenvalue weighted by molar-refractivity contribution is 5.85. The Balaban J connectivity index is 0.00000192. The summed E-state index contributed by atoms with van der Waals surface area (Å²) in [6.45, 7) is 1.68. The van der Waals surface area contributed by atoms with E-state index < -0.39 is 11.6 Å². The number of amides is 1. The Morgan fingerprint density at radius 1 is 1.30 bits per heavy atom. The number of nitrogens with zero attached hydrogens (tertiary/aromatic N) is 1. The van der Waals surface area contributed by atoms with Gasteiger partial charge in [-0.3, -0.25) is 9.69 Å². The van der Waals surface area contributed by atoms with Gasteiger partial charge in [0.1, 0.15) is 0 Å². The zero-order valence-corrected chi connectivity index (χ0v) is 13.8. The minimum Gasteiger partial charge on any atom is -0.350 e. The molecule has 3 unspecified atom stereocenters. The predicted molar refractivity (Wildman–Crippen MR) is 86.5 cm³/mol. The number of benzene rings is 1. The maximum atomic E-state index is 13.5. The molecule has 4 nitrogen and oxygen atoms in total. The number of nitrogens with one attached hydrogen (secondary N) is 2. The van der Waals surface area contributed by atoms with Crippen molar-refractivity contribution in [3.8, 4) is 0 Å². The van der Waals surface area contributed by atoms with Crippen molar-refractivity contribution in [2.24, 2.45) is 0 Å². The van der Waals surface area contributed by atoms with E-state index in [0.717, 1.165) is 38.4 Å². The molecule has 2 aliphatic rings. The highest BCUT2D eigenvalue weighted by Gasteiger charge is 2.36. The molecule has 1 aromatic carbocycles. The third-order valence-electron chi connectivity index (χ3n) is 4.64. The number of likely N-dealkylation sites (tertiary alicyclic amines) is 1. The minimum absolute atomic E-state index is 0. The molecule has 0 spiro atoms. The van der Waals surface area contributed by atoms with E-state index in [-0.39, 0.29) is 36.4 Å². The third kappa shape index (κ3) is 3.82. The van der Waals surface area contributed by atoms with Gasteiger partial charge in [0.2, 0.25) is 5.91 Å². The van der Waals surface area contributed by atoms with E-state index in [0.29, 0.717) is 5.56 Å². The van der Waals surface area contributed by atoms with Crippen molar-refractivity contribution in [3.05, 3.63) is 35.4 Å². The first-order chi connectivity index (χ1) is 10.6. The van der Waals surface area contributed by atoms with Gasteiger partial charge in [-0.05, 0) is 50.6 Å². The Morgan fingerprint density at radius 2 is 2.09 bits per heavy atom. The van der Waals surface area contributed by atoms with Gasteiger partial charge >= 0.3 is 0 Å². The lowest BCUT2D eigenvalue weighted by Crippen LogP contribution is -2.46. The van der Waals surface area contributed by atoms with Crippen LogP contribution in [0.1, 0.15) is 30.9 Å². The highest BCUT2D eigenvalue weighted by atomic mass is 35.5. The van der Waals surface area contributed by atoms with Gasteiger partial charge in [0.25, 0.3) is 0 Å². The van der Waals surface area contributed by atoms with Crippen molar-refractivity contribution < 1.29 is 13.6 Å². The smallest absolute Gasteiger partial charge is 0.237 e. The number of halogens is 3. The average Bonchev–Trinajstić information content (AvgIpc) is 3.13. The SMILES string of the molecule is CN1CCC(NC(=O)C2CCCN2)C1c1ccc(F)c(F)c1.Cl. The Labute approximate surface area is 141 Å². The van der Waals surface area contributed by atoms with Crippen molar-refractivity contribution in [2.75, 3.05) is 20.1 Å². The molecule has 0 radical (unpaired) electrons. The van der Waals surface area contributed by atoms with Crippen LogP contribution in [-0.4, -0.2) is 43.0 Å². The lowest BCUT2D eigenvalue weighted by molar-refractivity contribution is -0.123. The van der Waals surface area contributed by atoms with Crippen LogP contribution in [0, 0.1) is 11.6 Å². The van der Waals surface area contributed by atoms with Crippen molar-refractivity contribution in [1.82, 2.24) is 15.5 Å². The molecule has 0 bridgehead atoms. The van der Waals surface area contributed by atoms with E-state index in [9.17, 15) is 13.6 Å². The normalized spacial score (nSPS) is 27.7. The number of rotatable bonds is 3. The maximum Gasteiger partial charge on any atom is 0.237 e. The Kier molecular flexibility index (Phi) is 5.95. The fraction of sp³-hybridized carbons (Fsp3) is 0.562. The summed E-state index contributed by atoms with van der Waals surface area (Å²) in [6.07, 6.45) is 2.66. The van der Waals surface area contributed by atoms with Gasteiger partial charge in [-0.2, -0.15) is 0 Å². The van der Waals surface area contributed by atoms with Crippen LogP contribution in [0.4, 0.5) is 8.78 Å². The van der Waals surface area contributed by atoms with Gasteiger partial charge < -0.3 is 10.6 Å². The first-order valence-corrected chi connectivity index (χ1v) is 7.75. The molecule has 0 aliphatic carbocycles. The predicted octanol–water partition coefficient (Wildman–Crippen LogP) is 2.00. The van der Waals surface area contributed by atoms with Crippen molar-refractivity contribution in [1.29, 1.82) is 0 Å². The van der Waals surface area contributed by atoms with Crippen molar-refractivity contribution in [3.63, 3.8) is 0 Å². The molecule has 2 N–H and O–H groups in total. The van der Waals surface area contributed by atoms with Gasteiger partial charge in [0, 0.05) is 12.6 Å². The largest absolute Gasteiger partial charge is 0.350 e. The van der Waals surface area contributed by atoms with Crippen LogP contribution < -0.4 is 10.6 Å². The number of hydrogen-bond donors (Lipinski definition) is 2. The summed E-state index contributed by atoms with van der Waals surface area (Å²) in [5.41, 5.74) is 0.698. The van der Waals surface area contributed by atoms with Crippen LogP contribution >= 0.6 is 12.4 Å². The third-order valence-corrected chi connectivity index (χ3v) is 4.64. The number of likely N-dealkylation sites (N-methyl/N-ethyl adjacent to an activating group) is 1. The molecule has 3 atom stereocenters. The first-order valence-electron chi connectivity index (χ1n) is 7.75. The quantitative estimate of drug-likeness (QED) is 0.880. The maximum absolute atomic E-state index is 13.5. The molecular weight excluding hydrogens is 324 g/mol. The van der Waals surface area contributed by atoms with Gasteiger partial charge in [-0.15, -0.1) is 12.4 Å². The Bertz CT molecular complexity index is 566. The molecule has 0 saturated carbocycles. The molecule has 2 aliphatic heterocycles. The lowest BCUT2D eigenvalue weighted by atomic mass is 9.99. The van der Waals surface area contributed by atoms with Crippen LogP contribution in [0.2, 0.25) is 0 Å². The Morgan fingerprint density at radius 3 is 2.74 bits per heavy atom. The zero-order chi connectivity index (χ0) is 15.7. The van der Waals surface area contributed by atoms with E-state index in [4.69, 9.17) is 0 Å². The molecule has 128 valence electrons. The van der Waals surface area contributed by atoms with Crippen LogP contribution in [0.15, 0.2) is 18.2 Å². The van der Waals surface area contributed by atoms with Crippen LogP contribution in [-0.2, 0) is 4.79 Å². The van der Waals surface area contributed by atoms with E-state index in [1.54, 1.807) is 6.07 Å². The molecular formula is C16H22ClF2N3O. The molecule has 2 fully saturated rings. The van der Waals surface area contributed by atoms with E-state index in [1.165, 1.54) is 6.07 Å². The summed E-state index contributed by atoms with van der Waals surface area (Å²) in [6, 6.07) is 3.64. The van der Waals surface area contributed by atoms with E-state index >= 15 is 0 Å². The fourth-order valence-electron chi connectivity index (χ4n) is 3.47. The summed E-state index contributed by atoms with van der Waals surface area (Å²) in [7, 11) is 1.94.